The molecule has 1 unspecified atom stereocenters. The van der Waals surface area contributed by atoms with Gasteiger partial charge in [0.05, 0.1) is 0 Å². The Hall–Kier alpha value is -0.770. The van der Waals surface area contributed by atoms with Gasteiger partial charge in [-0.2, -0.15) is 0 Å². The summed E-state index contributed by atoms with van der Waals surface area (Å²) in [4.78, 5) is 22.7. The van der Waals surface area contributed by atoms with E-state index in [0.717, 1.165) is 0 Å². The molecule has 0 aromatic heterocycles. The predicted octanol–water partition coefficient (Wildman–Crippen LogP) is 1.03. The van der Waals surface area contributed by atoms with E-state index in [0.29, 0.717) is 18.7 Å². The summed E-state index contributed by atoms with van der Waals surface area (Å²) in [7, 11) is 0. The third-order valence-electron chi connectivity index (χ3n) is 1.74. The van der Waals surface area contributed by atoms with Crippen molar-refractivity contribution in [3.05, 3.63) is 0 Å². The predicted molar refractivity (Wildman–Crippen MR) is 60.8 cm³/mol. The second-order valence-electron chi connectivity index (χ2n) is 3.75. The zero-order chi connectivity index (χ0) is 11.8. The van der Waals surface area contributed by atoms with Gasteiger partial charge in [-0.05, 0) is 27.2 Å². The first-order chi connectivity index (χ1) is 6.97. The fourth-order valence-electron chi connectivity index (χ4n) is 1.02. The molecule has 5 heteroatoms. The number of halogens is 1. The summed E-state index contributed by atoms with van der Waals surface area (Å²) >= 11 is 5.45. The van der Waals surface area contributed by atoms with Crippen molar-refractivity contribution in [3.63, 3.8) is 0 Å². The van der Waals surface area contributed by atoms with Crippen molar-refractivity contribution in [1.29, 1.82) is 0 Å². The summed E-state index contributed by atoms with van der Waals surface area (Å²) < 4.78 is 0. The van der Waals surface area contributed by atoms with Gasteiger partial charge in [0.2, 0.25) is 11.8 Å². The molecule has 4 nitrogen and oxygen atoms in total. The highest BCUT2D eigenvalue weighted by Gasteiger charge is 2.15. The smallest absolute Gasteiger partial charge is 0.242 e. The average Bonchev–Trinajstić information content (AvgIpc) is 2.13. The molecule has 0 aliphatic rings. The van der Waals surface area contributed by atoms with E-state index in [1.165, 1.54) is 0 Å². The van der Waals surface area contributed by atoms with E-state index in [2.05, 4.69) is 10.6 Å². The molecule has 0 saturated carbocycles. The molecule has 0 heterocycles. The molecule has 0 rings (SSSR count). The number of rotatable bonds is 6. The van der Waals surface area contributed by atoms with E-state index in [9.17, 15) is 9.59 Å². The maximum absolute atomic E-state index is 11.4. The van der Waals surface area contributed by atoms with Crippen LogP contribution in [0.4, 0.5) is 0 Å². The molecule has 0 aromatic carbocycles. The quantitative estimate of drug-likeness (QED) is 0.675. The highest BCUT2D eigenvalue weighted by molar-refractivity contribution is 6.17. The summed E-state index contributed by atoms with van der Waals surface area (Å²) in [5, 5.41) is 5.33. The van der Waals surface area contributed by atoms with E-state index in [1.807, 2.05) is 13.8 Å². The topological polar surface area (TPSA) is 58.2 Å². The van der Waals surface area contributed by atoms with Gasteiger partial charge in [-0.25, -0.2) is 0 Å². The zero-order valence-electron chi connectivity index (χ0n) is 9.47. The molecule has 0 saturated heterocycles. The summed E-state index contributed by atoms with van der Waals surface area (Å²) in [6.45, 7) is 5.41. The summed E-state index contributed by atoms with van der Waals surface area (Å²) in [6.07, 6.45) is 0.995. The highest BCUT2D eigenvalue weighted by atomic mass is 35.5. The van der Waals surface area contributed by atoms with E-state index in [1.54, 1.807) is 6.92 Å². The second-order valence-corrected chi connectivity index (χ2v) is 4.12. The molecule has 0 aliphatic carbocycles. The van der Waals surface area contributed by atoms with Gasteiger partial charge in [-0.1, -0.05) is 0 Å². The van der Waals surface area contributed by atoms with Crippen LogP contribution >= 0.6 is 11.6 Å². The fourth-order valence-corrected chi connectivity index (χ4v) is 1.15. The van der Waals surface area contributed by atoms with Gasteiger partial charge in [-0.15, -0.1) is 11.6 Å². The minimum atomic E-state index is -0.491. The first-order valence-electron chi connectivity index (χ1n) is 5.13. The Kier molecular flexibility index (Phi) is 7.13. The summed E-state index contributed by atoms with van der Waals surface area (Å²) in [6, 6.07) is -0.407. The zero-order valence-corrected chi connectivity index (χ0v) is 10.2. The lowest BCUT2D eigenvalue weighted by molar-refractivity contribution is -0.128. The maximum Gasteiger partial charge on any atom is 0.242 e. The molecular formula is C10H19ClN2O2. The third-order valence-corrected chi connectivity index (χ3v) is 2.01. The number of hydrogen-bond acceptors (Lipinski definition) is 2. The SMILES string of the molecule is CC(C)NC(=O)C(C)NC(=O)CCCCl. The van der Waals surface area contributed by atoms with Crippen LogP contribution in [0.3, 0.4) is 0 Å². The lowest BCUT2D eigenvalue weighted by Gasteiger charge is -2.15. The van der Waals surface area contributed by atoms with Gasteiger partial charge < -0.3 is 10.6 Å². The monoisotopic (exact) mass is 234 g/mol. The summed E-state index contributed by atoms with van der Waals surface area (Å²) in [5.74, 6) is 0.159. The molecule has 88 valence electrons. The first kappa shape index (κ1) is 14.2. The van der Waals surface area contributed by atoms with Crippen LogP contribution in [0.5, 0.6) is 0 Å². The molecular weight excluding hydrogens is 216 g/mol. The van der Waals surface area contributed by atoms with Crippen molar-refractivity contribution >= 4 is 23.4 Å². The number of carbonyl (C=O) groups is 2. The average molecular weight is 235 g/mol. The maximum atomic E-state index is 11.4. The largest absolute Gasteiger partial charge is 0.352 e. The molecule has 0 fully saturated rings. The van der Waals surface area contributed by atoms with Crippen LogP contribution in [0, 0.1) is 0 Å². The molecule has 0 spiro atoms. The summed E-state index contributed by atoms with van der Waals surface area (Å²) in [5.41, 5.74) is 0. The van der Waals surface area contributed by atoms with Crippen molar-refractivity contribution in [1.82, 2.24) is 10.6 Å². The van der Waals surface area contributed by atoms with E-state index in [-0.39, 0.29) is 17.9 Å². The highest BCUT2D eigenvalue weighted by Crippen LogP contribution is 1.93. The lowest BCUT2D eigenvalue weighted by atomic mass is 10.2. The lowest BCUT2D eigenvalue weighted by Crippen LogP contribution is -2.46. The molecule has 2 amide bonds. The van der Waals surface area contributed by atoms with Crippen molar-refractivity contribution in [2.75, 3.05) is 5.88 Å². The van der Waals surface area contributed by atoms with E-state index < -0.39 is 6.04 Å². The molecule has 15 heavy (non-hydrogen) atoms. The van der Waals surface area contributed by atoms with Crippen molar-refractivity contribution < 1.29 is 9.59 Å². The molecule has 0 aromatic rings. The number of amides is 2. The minimum Gasteiger partial charge on any atom is -0.352 e. The van der Waals surface area contributed by atoms with Crippen molar-refractivity contribution in [2.24, 2.45) is 0 Å². The van der Waals surface area contributed by atoms with E-state index in [4.69, 9.17) is 11.6 Å². The second kappa shape index (κ2) is 7.51. The van der Waals surface area contributed by atoms with Crippen LogP contribution in [0.1, 0.15) is 33.6 Å². The van der Waals surface area contributed by atoms with Crippen LogP contribution in [-0.2, 0) is 9.59 Å². The number of carbonyl (C=O) groups excluding carboxylic acids is 2. The Morgan fingerprint density at radius 3 is 2.27 bits per heavy atom. The van der Waals surface area contributed by atoms with Crippen molar-refractivity contribution in [3.8, 4) is 0 Å². The molecule has 0 radical (unpaired) electrons. The van der Waals surface area contributed by atoms with Gasteiger partial charge in [-0.3, -0.25) is 9.59 Å². The Balaban J connectivity index is 3.85. The van der Waals surface area contributed by atoms with Crippen molar-refractivity contribution in [2.45, 2.75) is 45.7 Å². The normalized spacial score (nSPS) is 12.3. The van der Waals surface area contributed by atoms with Gasteiger partial charge in [0, 0.05) is 18.3 Å². The van der Waals surface area contributed by atoms with Gasteiger partial charge >= 0.3 is 0 Å². The molecule has 2 N–H and O–H groups in total. The molecule has 0 bridgehead atoms. The number of hydrogen-bond donors (Lipinski definition) is 2. The number of nitrogens with one attached hydrogen (secondary N) is 2. The van der Waals surface area contributed by atoms with Crippen LogP contribution in [0.15, 0.2) is 0 Å². The standard InChI is InChI=1S/C10H19ClN2O2/c1-7(2)12-10(15)8(3)13-9(14)5-4-6-11/h7-8H,4-6H2,1-3H3,(H,12,15)(H,13,14). The Bertz CT molecular complexity index is 219. The Morgan fingerprint density at radius 2 is 1.80 bits per heavy atom. The Morgan fingerprint density at radius 1 is 1.20 bits per heavy atom. The Labute approximate surface area is 95.7 Å². The van der Waals surface area contributed by atoms with E-state index >= 15 is 0 Å². The van der Waals surface area contributed by atoms with Gasteiger partial charge in [0.25, 0.3) is 0 Å². The van der Waals surface area contributed by atoms with Crippen LogP contribution in [0.25, 0.3) is 0 Å². The molecule has 1 atom stereocenters. The van der Waals surface area contributed by atoms with Gasteiger partial charge in [0.15, 0.2) is 0 Å². The first-order valence-corrected chi connectivity index (χ1v) is 5.66. The van der Waals surface area contributed by atoms with Crippen LogP contribution in [-0.4, -0.2) is 29.8 Å². The minimum absolute atomic E-state index is 0.0830. The molecule has 0 aliphatic heterocycles. The van der Waals surface area contributed by atoms with Crippen LogP contribution < -0.4 is 10.6 Å². The fraction of sp³-hybridized carbons (Fsp3) is 0.800. The number of alkyl halides is 1. The third kappa shape index (κ3) is 7.19. The van der Waals surface area contributed by atoms with Crippen LogP contribution in [0.2, 0.25) is 0 Å². The van der Waals surface area contributed by atoms with Gasteiger partial charge in [0.1, 0.15) is 6.04 Å².